The van der Waals surface area contributed by atoms with Gasteiger partial charge in [-0.2, -0.15) is 8.75 Å². The summed E-state index contributed by atoms with van der Waals surface area (Å²) >= 11 is 2.66. The zero-order valence-electron chi connectivity index (χ0n) is 12.3. The minimum Gasteiger partial charge on any atom is -0.355 e. The van der Waals surface area contributed by atoms with Gasteiger partial charge in [0.15, 0.2) is 0 Å². The van der Waals surface area contributed by atoms with Crippen molar-refractivity contribution in [3.8, 4) is 0 Å². The van der Waals surface area contributed by atoms with E-state index in [1.165, 1.54) is 23.5 Å². The summed E-state index contributed by atoms with van der Waals surface area (Å²) in [6, 6.07) is 6.83. The van der Waals surface area contributed by atoms with Crippen LogP contribution in [-0.2, 0) is 10.5 Å². The van der Waals surface area contributed by atoms with Gasteiger partial charge in [0.25, 0.3) is 5.91 Å². The summed E-state index contributed by atoms with van der Waals surface area (Å²) in [6.07, 6.45) is 0. The number of nitrogens with zero attached hydrogens (tertiary/aromatic N) is 2. The van der Waals surface area contributed by atoms with Gasteiger partial charge in [-0.25, -0.2) is 0 Å². The van der Waals surface area contributed by atoms with E-state index in [1.54, 1.807) is 31.3 Å². The number of nitrogens with one attached hydrogen (secondary N) is 2. The van der Waals surface area contributed by atoms with Crippen molar-refractivity contribution >= 4 is 41.0 Å². The highest BCUT2D eigenvalue weighted by Gasteiger charge is 2.08. The second-order valence-corrected chi connectivity index (χ2v) is 6.01. The van der Waals surface area contributed by atoms with E-state index < -0.39 is 0 Å². The molecule has 6 nitrogen and oxygen atoms in total. The molecule has 2 N–H and O–H groups in total. The van der Waals surface area contributed by atoms with Crippen molar-refractivity contribution < 1.29 is 9.59 Å². The van der Waals surface area contributed by atoms with Crippen molar-refractivity contribution in [1.29, 1.82) is 0 Å². The van der Waals surface area contributed by atoms with Crippen molar-refractivity contribution in [3.63, 3.8) is 0 Å². The van der Waals surface area contributed by atoms with Crippen molar-refractivity contribution in [2.24, 2.45) is 0 Å². The number of rotatable bonds is 6. The molecular weight excluding hydrogens is 320 g/mol. The summed E-state index contributed by atoms with van der Waals surface area (Å²) in [5, 5.41) is 5.33. The fraction of sp³-hybridized carbons (Fsp3) is 0.286. The number of hydrogen-bond acceptors (Lipinski definition) is 6. The van der Waals surface area contributed by atoms with E-state index in [2.05, 4.69) is 19.4 Å². The van der Waals surface area contributed by atoms with Crippen LogP contribution in [-0.4, -0.2) is 33.4 Å². The van der Waals surface area contributed by atoms with Gasteiger partial charge in [0.2, 0.25) is 5.91 Å². The van der Waals surface area contributed by atoms with Gasteiger partial charge < -0.3 is 10.6 Å². The lowest BCUT2D eigenvalue weighted by Crippen LogP contribution is -2.19. The number of amides is 2. The van der Waals surface area contributed by atoms with Gasteiger partial charge in [-0.05, 0) is 25.1 Å². The first kappa shape index (κ1) is 16.4. The highest BCUT2D eigenvalue weighted by molar-refractivity contribution is 7.99. The lowest BCUT2D eigenvalue weighted by Gasteiger charge is -2.06. The van der Waals surface area contributed by atoms with Crippen molar-refractivity contribution in [2.45, 2.75) is 12.7 Å². The third-order valence-corrected chi connectivity index (χ3v) is 4.46. The number of benzene rings is 1. The van der Waals surface area contributed by atoms with E-state index in [0.29, 0.717) is 22.8 Å². The molecule has 22 heavy (non-hydrogen) atoms. The van der Waals surface area contributed by atoms with E-state index in [1.807, 2.05) is 6.92 Å². The second-order valence-electron chi connectivity index (χ2n) is 4.50. The molecule has 0 saturated heterocycles. The van der Waals surface area contributed by atoms with Gasteiger partial charge >= 0.3 is 0 Å². The number of carbonyl (C=O) groups is 2. The molecule has 1 aromatic heterocycles. The Bertz CT molecular complexity index is 672. The first-order valence-electron chi connectivity index (χ1n) is 6.58. The summed E-state index contributed by atoms with van der Waals surface area (Å²) < 4.78 is 8.27. The normalized spacial score (nSPS) is 10.3. The van der Waals surface area contributed by atoms with Crippen LogP contribution in [0.5, 0.6) is 0 Å². The van der Waals surface area contributed by atoms with Crippen LogP contribution >= 0.6 is 23.5 Å². The maximum absolute atomic E-state index is 11.9. The number of anilines is 1. The molecular formula is C14H16N4O2S2. The smallest absolute Gasteiger partial charge is 0.251 e. The molecule has 0 radical (unpaired) electrons. The van der Waals surface area contributed by atoms with E-state index in [9.17, 15) is 9.59 Å². The number of aromatic nitrogens is 2. The fourth-order valence-corrected chi connectivity index (χ4v) is 3.17. The van der Waals surface area contributed by atoms with Gasteiger partial charge in [0.05, 0.1) is 28.9 Å². The molecule has 0 aliphatic rings. The first-order valence-corrected chi connectivity index (χ1v) is 8.46. The van der Waals surface area contributed by atoms with Gasteiger partial charge in [-0.3, -0.25) is 9.59 Å². The number of aryl methyl sites for hydroxylation is 1. The second kappa shape index (κ2) is 7.90. The summed E-state index contributed by atoms with van der Waals surface area (Å²) in [5.41, 5.74) is 2.95. The van der Waals surface area contributed by atoms with Gasteiger partial charge in [-0.1, -0.05) is 6.07 Å². The van der Waals surface area contributed by atoms with Crippen LogP contribution < -0.4 is 10.6 Å². The molecule has 1 heterocycles. The highest BCUT2D eigenvalue weighted by atomic mass is 32.2. The molecule has 116 valence electrons. The van der Waals surface area contributed by atoms with E-state index in [-0.39, 0.29) is 11.8 Å². The SMILES string of the molecule is CNC(=O)c1cccc(NC(=O)CSCc2nsnc2C)c1. The summed E-state index contributed by atoms with van der Waals surface area (Å²) in [4.78, 5) is 23.5. The maximum Gasteiger partial charge on any atom is 0.251 e. The van der Waals surface area contributed by atoms with Crippen LogP contribution in [0.15, 0.2) is 24.3 Å². The third-order valence-electron chi connectivity index (χ3n) is 2.85. The topological polar surface area (TPSA) is 84.0 Å². The summed E-state index contributed by atoms with van der Waals surface area (Å²) in [7, 11) is 1.57. The number of hydrogen-bond donors (Lipinski definition) is 2. The van der Waals surface area contributed by atoms with Crippen molar-refractivity contribution in [1.82, 2.24) is 14.1 Å². The van der Waals surface area contributed by atoms with Gasteiger partial charge in [0.1, 0.15) is 0 Å². The maximum atomic E-state index is 11.9. The molecule has 0 atom stereocenters. The predicted octanol–water partition coefficient (Wildman–Crippen LogP) is 2.08. The molecule has 2 aromatic rings. The minimum atomic E-state index is -0.183. The van der Waals surface area contributed by atoms with Crippen molar-refractivity contribution in [2.75, 3.05) is 18.1 Å². The Morgan fingerprint density at radius 3 is 2.82 bits per heavy atom. The Labute approximate surface area is 137 Å². The largest absolute Gasteiger partial charge is 0.355 e. The highest BCUT2D eigenvalue weighted by Crippen LogP contribution is 2.15. The summed E-state index contributed by atoms with van der Waals surface area (Å²) in [6.45, 7) is 1.91. The average molecular weight is 336 g/mol. The molecule has 0 bridgehead atoms. The van der Waals surface area contributed by atoms with E-state index in [0.717, 1.165) is 11.4 Å². The minimum absolute atomic E-state index is 0.111. The summed E-state index contributed by atoms with van der Waals surface area (Å²) in [5.74, 6) is 0.687. The zero-order valence-corrected chi connectivity index (χ0v) is 13.9. The van der Waals surface area contributed by atoms with Gasteiger partial charge in [0, 0.05) is 24.1 Å². The Balaban J connectivity index is 1.84. The van der Waals surface area contributed by atoms with Crippen LogP contribution in [0.4, 0.5) is 5.69 Å². The molecule has 0 unspecified atom stereocenters. The average Bonchev–Trinajstić information content (AvgIpc) is 2.92. The van der Waals surface area contributed by atoms with Crippen LogP contribution in [0.25, 0.3) is 0 Å². The zero-order chi connectivity index (χ0) is 15.9. The third kappa shape index (κ3) is 4.54. The van der Waals surface area contributed by atoms with Crippen LogP contribution in [0, 0.1) is 6.92 Å². The van der Waals surface area contributed by atoms with Gasteiger partial charge in [-0.15, -0.1) is 11.8 Å². The molecule has 2 amide bonds. The monoisotopic (exact) mass is 336 g/mol. The lowest BCUT2D eigenvalue weighted by atomic mass is 10.2. The number of thioether (sulfide) groups is 1. The molecule has 0 fully saturated rings. The fourth-order valence-electron chi connectivity index (χ4n) is 1.70. The first-order chi connectivity index (χ1) is 10.6. The van der Waals surface area contributed by atoms with E-state index in [4.69, 9.17) is 0 Å². The Morgan fingerprint density at radius 2 is 2.14 bits per heavy atom. The Hall–Kier alpha value is -1.93. The molecule has 0 spiro atoms. The quantitative estimate of drug-likeness (QED) is 0.844. The van der Waals surface area contributed by atoms with Crippen molar-refractivity contribution in [3.05, 3.63) is 41.2 Å². The molecule has 0 saturated carbocycles. The Kier molecular flexibility index (Phi) is 5.91. The molecule has 2 rings (SSSR count). The predicted molar refractivity (Wildman–Crippen MR) is 89.3 cm³/mol. The van der Waals surface area contributed by atoms with Crippen LogP contribution in [0.3, 0.4) is 0 Å². The van der Waals surface area contributed by atoms with Crippen LogP contribution in [0.2, 0.25) is 0 Å². The lowest BCUT2D eigenvalue weighted by molar-refractivity contribution is -0.113. The standard InChI is InChI=1S/C14H16N4O2S2/c1-9-12(18-22-17-9)7-21-8-13(19)16-11-5-3-4-10(6-11)14(20)15-2/h3-6H,7-8H2,1-2H3,(H,15,20)(H,16,19). The number of carbonyl (C=O) groups excluding carboxylic acids is 2. The van der Waals surface area contributed by atoms with E-state index >= 15 is 0 Å². The Morgan fingerprint density at radius 1 is 1.32 bits per heavy atom. The molecule has 0 aliphatic carbocycles. The molecule has 0 aliphatic heterocycles. The molecule has 8 heteroatoms. The van der Waals surface area contributed by atoms with Crippen LogP contribution in [0.1, 0.15) is 21.7 Å². The molecule has 1 aromatic carbocycles.